The normalized spacial score (nSPS) is 17.1. The molecule has 1 aromatic carbocycles. The lowest BCUT2D eigenvalue weighted by molar-refractivity contribution is -0.137. The van der Waals surface area contributed by atoms with Gasteiger partial charge in [0.25, 0.3) is 0 Å². The summed E-state index contributed by atoms with van der Waals surface area (Å²) in [6.45, 7) is 4.72. The van der Waals surface area contributed by atoms with Crippen LogP contribution in [0, 0.1) is 6.92 Å². The zero-order valence-corrected chi connectivity index (χ0v) is 18.5. The van der Waals surface area contributed by atoms with Crippen LogP contribution in [0.15, 0.2) is 41.8 Å². The first kappa shape index (κ1) is 22.5. The number of benzene rings is 1. The Morgan fingerprint density at radius 1 is 1.07 bits per heavy atom. The van der Waals surface area contributed by atoms with E-state index in [0.717, 1.165) is 18.0 Å². The molecule has 1 fully saturated rings. The van der Waals surface area contributed by atoms with Crippen LogP contribution >= 0.6 is 11.3 Å². The number of aliphatic carboxylic acids is 1. The highest BCUT2D eigenvalue weighted by Gasteiger charge is 2.24. The number of nitrogens with zero attached hydrogens (tertiary/aromatic N) is 1. The summed E-state index contributed by atoms with van der Waals surface area (Å²) in [4.78, 5) is 27.5. The highest BCUT2D eigenvalue weighted by molar-refractivity contribution is 7.10. The van der Waals surface area contributed by atoms with Crippen molar-refractivity contribution < 1.29 is 14.7 Å². The van der Waals surface area contributed by atoms with Gasteiger partial charge in [-0.2, -0.15) is 0 Å². The quantitative estimate of drug-likeness (QED) is 0.605. The second kappa shape index (κ2) is 11.3. The van der Waals surface area contributed by atoms with Gasteiger partial charge in [-0.3, -0.25) is 14.5 Å². The van der Waals surface area contributed by atoms with Gasteiger partial charge in [-0.15, -0.1) is 11.3 Å². The number of carbonyl (C=O) groups excluding carboxylic acids is 1. The molecule has 0 radical (unpaired) electrons. The molecule has 1 saturated heterocycles. The lowest BCUT2D eigenvalue weighted by Gasteiger charge is -2.31. The number of carboxylic acids is 1. The number of thiophene rings is 1. The molecular formula is C24H32N2O3S. The van der Waals surface area contributed by atoms with E-state index in [-0.39, 0.29) is 30.7 Å². The van der Waals surface area contributed by atoms with Gasteiger partial charge in [0.05, 0.1) is 12.5 Å². The van der Waals surface area contributed by atoms with Crippen LogP contribution in [0.3, 0.4) is 0 Å². The van der Waals surface area contributed by atoms with E-state index in [1.165, 1.54) is 48.1 Å². The number of amides is 1. The van der Waals surface area contributed by atoms with E-state index >= 15 is 0 Å². The molecule has 1 amide bonds. The molecule has 2 aromatic rings. The van der Waals surface area contributed by atoms with Gasteiger partial charge >= 0.3 is 5.97 Å². The monoisotopic (exact) mass is 428 g/mol. The van der Waals surface area contributed by atoms with Gasteiger partial charge in [-0.05, 0) is 49.9 Å². The molecule has 1 aliphatic rings. The predicted molar refractivity (Wildman–Crippen MR) is 121 cm³/mol. The molecule has 1 aliphatic heterocycles. The zero-order valence-electron chi connectivity index (χ0n) is 17.7. The number of likely N-dealkylation sites (tertiary alicyclic amines) is 1. The fraction of sp³-hybridized carbons (Fsp3) is 0.500. The van der Waals surface area contributed by atoms with E-state index in [1.54, 1.807) is 0 Å². The summed E-state index contributed by atoms with van der Waals surface area (Å²) in [6.07, 6.45) is 5.09. The van der Waals surface area contributed by atoms with Gasteiger partial charge in [0.1, 0.15) is 0 Å². The number of rotatable bonds is 9. The highest BCUT2D eigenvalue weighted by atomic mass is 32.1. The van der Waals surface area contributed by atoms with E-state index in [0.29, 0.717) is 6.54 Å². The second-order valence-electron chi connectivity index (χ2n) is 8.20. The number of aryl methyl sites for hydroxylation is 1. The minimum absolute atomic E-state index is 0.0263. The first-order chi connectivity index (χ1) is 14.5. The molecular weight excluding hydrogens is 396 g/mol. The number of nitrogens with one attached hydrogen (secondary N) is 1. The lowest BCUT2D eigenvalue weighted by atomic mass is 9.98. The van der Waals surface area contributed by atoms with Gasteiger partial charge in [0.2, 0.25) is 5.91 Å². The SMILES string of the molecule is Cc1ccc(C(CNC(=O)CC(CC(=O)O)c2cccs2)N2CCCCCC2)cc1. The van der Waals surface area contributed by atoms with E-state index in [9.17, 15) is 14.7 Å². The van der Waals surface area contributed by atoms with Gasteiger partial charge in [-0.25, -0.2) is 0 Å². The molecule has 2 heterocycles. The topological polar surface area (TPSA) is 69.6 Å². The zero-order chi connectivity index (χ0) is 21.3. The van der Waals surface area contributed by atoms with Crippen LogP contribution in [0.25, 0.3) is 0 Å². The van der Waals surface area contributed by atoms with Crippen LogP contribution in [0.5, 0.6) is 0 Å². The minimum Gasteiger partial charge on any atom is -0.481 e. The Kier molecular flexibility index (Phi) is 8.46. The Labute approximate surface area is 183 Å². The molecule has 5 nitrogen and oxygen atoms in total. The van der Waals surface area contributed by atoms with Crippen LogP contribution in [-0.2, 0) is 9.59 Å². The molecule has 162 valence electrons. The van der Waals surface area contributed by atoms with Crippen molar-refractivity contribution in [3.05, 3.63) is 57.8 Å². The Morgan fingerprint density at radius 2 is 1.77 bits per heavy atom. The highest BCUT2D eigenvalue weighted by Crippen LogP contribution is 2.28. The van der Waals surface area contributed by atoms with Crippen molar-refractivity contribution in [2.45, 2.75) is 57.4 Å². The van der Waals surface area contributed by atoms with Gasteiger partial charge in [0, 0.05) is 23.8 Å². The maximum absolute atomic E-state index is 12.8. The summed E-state index contributed by atoms with van der Waals surface area (Å²) in [7, 11) is 0. The molecule has 3 rings (SSSR count). The molecule has 2 atom stereocenters. The summed E-state index contributed by atoms with van der Waals surface area (Å²) in [5.74, 6) is -1.23. The average molecular weight is 429 g/mol. The molecule has 0 bridgehead atoms. The molecule has 2 N–H and O–H groups in total. The first-order valence-corrected chi connectivity index (χ1v) is 11.7. The van der Waals surface area contributed by atoms with Crippen molar-refractivity contribution in [2.75, 3.05) is 19.6 Å². The summed E-state index contributed by atoms with van der Waals surface area (Å²) < 4.78 is 0. The van der Waals surface area contributed by atoms with Crippen LogP contribution in [0.4, 0.5) is 0 Å². The summed E-state index contributed by atoms with van der Waals surface area (Å²) in [5, 5.41) is 14.3. The van der Waals surface area contributed by atoms with Crippen LogP contribution in [0.1, 0.15) is 66.5 Å². The Hall–Kier alpha value is -2.18. The third-order valence-corrected chi connectivity index (χ3v) is 6.87. The summed E-state index contributed by atoms with van der Waals surface area (Å²) in [5.41, 5.74) is 2.45. The molecule has 6 heteroatoms. The van der Waals surface area contributed by atoms with Crippen LogP contribution in [0.2, 0.25) is 0 Å². The fourth-order valence-corrected chi connectivity index (χ4v) is 5.00. The van der Waals surface area contributed by atoms with Crippen LogP contribution < -0.4 is 5.32 Å². The number of hydrogen-bond donors (Lipinski definition) is 2. The minimum atomic E-state index is -0.872. The van der Waals surface area contributed by atoms with E-state index in [2.05, 4.69) is 41.4 Å². The van der Waals surface area contributed by atoms with Crippen molar-refractivity contribution in [2.24, 2.45) is 0 Å². The summed E-state index contributed by atoms with van der Waals surface area (Å²) >= 11 is 1.51. The molecule has 0 saturated carbocycles. The molecule has 30 heavy (non-hydrogen) atoms. The van der Waals surface area contributed by atoms with Crippen molar-refractivity contribution in [3.8, 4) is 0 Å². The van der Waals surface area contributed by atoms with Gasteiger partial charge < -0.3 is 10.4 Å². The van der Waals surface area contributed by atoms with E-state index < -0.39 is 5.97 Å². The average Bonchev–Trinajstić information content (AvgIpc) is 3.12. The van der Waals surface area contributed by atoms with Gasteiger partial charge in [-0.1, -0.05) is 48.7 Å². The fourth-order valence-electron chi connectivity index (χ4n) is 4.17. The second-order valence-corrected chi connectivity index (χ2v) is 9.17. The lowest BCUT2D eigenvalue weighted by Crippen LogP contribution is -2.39. The predicted octanol–water partition coefficient (Wildman–Crippen LogP) is 4.74. The Morgan fingerprint density at radius 3 is 2.37 bits per heavy atom. The van der Waals surface area contributed by atoms with E-state index in [1.807, 2.05) is 17.5 Å². The van der Waals surface area contributed by atoms with Crippen molar-refractivity contribution in [1.82, 2.24) is 10.2 Å². The maximum atomic E-state index is 12.8. The Bertz CT molecular complexity index is 796. The molecule has 0 aliphatic carbocycles. The summed E-state index contributed by atoms with van der Waals surface area (Å²) in [6, 6.07) is 12.5. The third-order valence-electron chi connectivity index (χ3n) is 5.83. The largest absolute Gasteiger partial charge is 0.481 e. The molecule has 0 spiro atoms. The molecule has 2 unspecified atom stereocenters. The number of carbonyl (C=O) groups is 2. The molecule has 1 aromatic heterocycles. The third kappa shape index (κ3) is 6.67. The Balaban J connectivity index is 1.66. The van der Waals surface area contributed by atoms with Crippen molar-refractivity contribution >= 4 is 23.2 Å². The maximum Gasteiger partial charge on any atom is 0.304 e. The standard InChI is InChI=1S/C24H32N2O3S/c1-18-8-10-19(11-9-18)21(26-12-4-2-3-5-13-26)17-25-23(27)15-20(16-24(28)29)22-7-6-14-30-22/h6-11,14,20-21H,2-5,12-13,15-17H2,1H3,(H,25,27)(H,28,29). The smallest absolute Gasteiger partial charge is 0.304 e. The first-order valence-electron chi connectivity index (χ1n) is 10.9. The number of carboxylic acid groups (broad SMARTS) is 1. The number of hydrogen-bond acceptors (Lipinski definition) is 4. The van der Waals surface area contributed by atoms with Crippen molar-refractivity contribution in [3.63, 3.8) is 0 Å². The van der Waals surface area contributed by atoms with Gasteiger partial charge in [0.15, 0.2) is 0 Å². The van der Waals surface area contributed by atoms with Crippen molar-refractivity contribution in [1.29, 1.82) is 0 Å². The van der Waals surface area contributed by atoms with Crippen LogP contribution in [-0.4, -0.2) is 41.5 Å². The van der Waals surface area contributed by atoms with E-state index in [4.69, 9.17) is 0 Å².